The fourth-order valence-electron chi connectivity index (χ4n) is 3.02. The van der Waals surface area contributed by atoms with Crippen LogP contribution in [-0.4, -0.2) is 62.6 Å². The lowest BCUT2D eigenvalue weighted by molar-refractivity contribution is -0.128. The largest absolute Gasteiger partial charge is 0.359 e. The molecule has 0 radical (unpaired) electrons. The molecule has 1 amide bonds. The van der Waals surface area contributed by atoms with E-state index in [1.165, 1.54) is 19.4 Å². The summed E-state index contributed by atoms with van der Waals surface area (Å²) < 4.78 is 0. The lowest BCUT2D eigenvalue weighted by atomic mass is 9.92. The predicted octanol–water partition coefficient (Wildman–Crippen LogP) is 0.406. The summed E-state index contributed by atoms with van der Waals surface area (Å²) in [5, 5.41) is 9.52. The molecule has 2 rings (SSSR count). The minimum absolute atomic E-state index is 0.0320. The maximum absolute atomic E-state index is 11.8. The van der Waals surface area contributed by atoms with Gasteiger partial charge in [0, 0.05) is 45.8 Å². The van der Waals surface area contributed by atoms with E-state index in [0.29, 0.717) is 18.5 Å². The van der Waals surface area contributed by atoms with E-state index in [-0.39, 0.29) is 5.91 Å². The Morgan fingerprint density at radius 2 is 2.00 bits per heavy atom. The van der Waals surface area contributed by atoms with E-state index >= 15 is 0 Å². The van der Waals surface area contributed by atoms with Crippen molar-refractivity contribution < 1.29 is 4.79 Å². The smallest absolute Gasteiger partial charge is 0.227 e. The summed E-state index contributed by atoms with van der Waals surface area (Å²) in [6.07, 6.45) is 2.71. The molecular weight excluding hydrogens is 278 g/mol. The lowest BCUT2D eigenvalue weighted by Crippen LogP contribution is -2.51. The van der Waals surface area contributed by atoms with Crippen LogP contribution in [0.5, 0.6) is 0 Å². The van der Waals surface area contributed by atoms with Crippen LogP contribution in [-0.2, 0) is 4.79 Å². The van der Waals surface area contributed by atoms with Crippen LogP contribution in [0.3, 0.4) is 0 Å². The summed E-state index contributed by atoms with van der Waals surface area (Å²) in [7, 11) is 3.45. The van der Waals surface area contributed by atoms with Crippen molar-refractivity contribution in [2.24, 2.45) is 16.3 Å². The second kappa shape index (κ2) is 6.86. The van der Waals surface area contributed by atoms with Crippen LogP contribution >= 0.6 is 0 Å². The summed E-state index contributed by atoms with van der Waals surface area (Å²) in [5.41, 5.74) is -0.465. The number of carbonyl (C=O) groups is 1. The van der Waals surface area contributed by atoms with Crippen molar-refractivity contribution in [3.05, 3.63) is 0 Å². The summed E-state index contributed by atoms with van der Waals surface area (Å²) in [5.74, 6) is 1.43. The number of likely N-dealkylation sites (tertiary alicyclic amines) is 1. The molecule has 1 saturated heterocycles. The molecule has 3 N–H and O–H groups in total. The molecule has 1 aliphatic heterocycles. The van der Waals surface area contributed by atoms with Gasteiger partial charge in [0.05, 0.1) is 5.41 Å². The van der Waals surface area contributed by atoms with Gasteiger partial charge < -0.3 is 16.0 Å². The first kappa shape index (κ1) is 17.1. The Kier molecular flexibility index (Phi) is 5.32. The first-order valence-corrected chi connectivity index (χ1v) is 8.31. The molecule has 2 atom stereocenters. The summed E-state index contributed by atoms with van der Waals surface area (Å²) in [6, 6.07) is 1.24. The van der Waals surface area contributed by atoms with Gasteiger partial charge in [-0.3, -0.25) is 14.7 Å². The lowest BCUT2D eigenvalue weighted by Gasteiger charge is -2.26. The quantitative estimate of drug-likeness (QED) is 0.508. The van der Waals surface area contributed by atoms with Crippen LogP contribution in [0.2, 0.25) is 0 Å². The number of hydrogen-bond donors (Lipinski definition) is 3. The van der Waals surface area contributed by atoms with E-state index in [4.69, 9.17) is 0 Å². The Labute approximate surface area is 134 Å². The molecule has 1 saturated carbocycles. The molecule has 0 aromatic carbocycles. The average molecular weight is 309 g/mol. The van der Waals surface area contributed by atoms with Crippen LogP contribution in [0.15, 0.2) is 4.99 Å². The normalized spacial score (nSPS) is 26.9. The van der Waals surface area contributed by atoms with Crippen LogP contribution in [0.4, 0.5) is 0 Å². The number of carbonyl (C=O) groups excluding carboxylic acids is 1. The van der Waals surface area contributed by atoms with Gasteiger partial charge in [0.15, 0.2) is 5.96 Å². The zero-order valence-electron chi connectivity index (χ0n) is 14.6. The van der Waals surface area contributed by atoms with Crippen molar-refractivity contribution in [3.8, 4) is 0 Å². The molecule has 0 spiro atoms. The highest BCUT2D eigenvalue weighted by Crippen LogP contribution is 2.31. The Hall–Kier alpha value is -1.30. The molecule has 0 aromatic rings. The minimum atomic E-state index is -0.465. The van der Waals surface area contributed by atoms with Gasteiger partial charge in [0.2, 0.25) is 5.91 Å². The van der Waals surface area contributed by atoms with Gasteiger partial charge in [0.1, 0.15) is 0 Å². The molecule has 1 heterocycles. The fraction of sp³-hybridized carbons (Fsp3) is 0.875. The van der Waals surface area contributed by atoms with E-state index in [1.54, 1.807) is 14.1 Å². The highest BCUT2D eigenvalue weighted by Gasteiger charge is 2.38. The van der Waals surface area contributed by atoms with Crippen molar-refractivity contribution in [2.45, 2.75) is 45.7 Å². The zero-order valence-corrected chi connectivity index (χ0v) is 14.6. The topological polar surface area (TPSA) is 68.8 Å². The molecule has 0 bridgehead atoms. The average Bonchev–Trinajstić information content (AvgIpc) is 3.27. The molecule has 126 valence electrons. The van der Waals surface area contributed by atoms with Gasteiger partial charge in [-0.05, 0) is 32.6 Å². The van der Waals surface area contributed by atoms with E-state index in [9.17, 15) is 4.79 Å². The highest BCUT2D eigenvalue weighted by atomic mass is 16.2. The third kappa shape index (κ3) is 4.12. The van der Waals surface area contributed by atoms with E-state index in [2.05, 4.69) is 32.8 Å². The molecule has 22 heavy (non-hydrogen) atoms. The number of hydrogen-bond acceptors (Lipinski definition) is 3. The summed E-state index contributed by atoms with van der Waals surface area (Å²) >= 11 is 0. The third-order valence-corrected chi connectivity index (χ3v) is 4.79. The Morgan fingerprint density at radius 3 is 2.55 bits per heavy atom. The monoisotopic (exact) mass is 309 g/mol. The van der Waals surface area contributed by atoms with Gasteiger partial charge in [-0.1, -0.05) is 6.92 Å². The third-order valence-electron chi connectivity index (χ3n) is 4.79. The van der Waals surface area contributed by atoms with Gasteiger partial charge in [0.25, 0.3) is 0 Å². The summed E-state index contributed by atoms with van der Waals surface area (Å²) in [4.78, 5) is 18.7. The van der Waals surface area contributed by atoms with Crippen molar-refractivity contribution in [2.75, 3.05) is 33.7 Å². The molecule has 2 fully saturated rings. The van der Waals surface area contributed by atoms with Crippen LogP contribution in [0, 0.1) is 11.3 Å². The number of aliphatic imine (C=N–C) groups is 1. The van der Waals surface area contributed by atoms with E-state index < -0.39 is 5.41 Å². The predicted molar refractivity (Wildman–Crippen MR) is 89.9 cm³/mol. The van der Waals surface area contributed by atoms with Gasteiger partial charge in [-0.25, -0.2) is 0 Å². The number of rotatable bonds is 5. The van der Waals surface area contributed by atoms with Crippen LogP contribution in [0.1, 0.15) is 33.6 Å². The van der Waals surface area contributed by atoms with E-state index in [1.807, 2.05) is 13.8 Å². The van der Waals surface area contributed by atoms with E-state index in [0.717, 1.165) is 18.5 Å². The van der Waals surface area contributed by atoms with Gasteiger partial charge >= 0.3 is 0 Å². The second-order valence-electron chi connectivity index (χ2n) is 7.30. The van der Waals surface area contributed by atoms with Crippen LogP contribution < -0.4 is 16.0 Å². The first-order valence-electron chi connectivity index (χ1n) is 8.31. The van der Waals surface area contributed by atoms with Gasteiger partial charge in [-0.2, -0.15) is 0 Å². The zero-order chi connectivity index (χ0) is 16.3. The van der Waals surface area contributed by atoms with Crippen molar-refractivity contribution in [1.29, 1.82) is 0 Å². The SMILES string of the molecule is CN=C(NCC(C)(C)C(=O)NC)NC1CN(C2CC2)CC1C. The van der Waals surface area contributed by atoms with Crippen molar-refractivity contribution >= 4 is 11.9 Å². The molecule has 6 heteroatoms. The van der Waals surface area contributed by atoms with Crippen molar-refractivity contribution in [1.82, 2.24) is 20.9 Å². The molecule has 2 unspecified atom stereocenters. The number of guanidine groups is 1. The molecular formula is C16H31N5O. The maximum Gasteiger partial charge on any atom is 0.227 e. The standard InChI is InChI=1S/C16H31N5O/c1-11-8-21(12-6-7-12)9-13(11)20-15(18-5)19-10-16(2,3)14(22)17-4/h11-13H,6-10H2,1-5H3,(H,17,22)(H2,18,19,20). The molecule has 2 aliphatic rings. The molecule has 0 aromatic heterocycles. The Balaban J connectivity index is 1.83. The minimum Gasteiger partial charge on any atom is -0.359 e. The highest BCUT2D eigenvalue weighted by molar-refractivity contribution is 5.84. The Bertz CT molecular complexity index is 430. The molecule has 6 nitrogen and oxygen atoms in total. The second-order valence-corrected chi connectivity index (χ2v) is 7.30. The van der Waals surface area contributed by atoms with Crippen LogP contribution in [0.25, 0.3) is 0 Å². The fourth-order valence-corrected chi connectivity index (χ4v) is 3.02. The van der Waals surface area contributed by atoms with Gasteiger partial charge in [-0.15, -0.1) is 0 Å². The number of amides is 1. The number of nitrogens with one attached hydrogen (secondary N) is 3. The summed E-state index contributed by atoms with van der Waals surface area (Å²) in [6.45, 7) is 8.97. The first-order chi connectivity index (χ1) is 10.4. The maximum atomic E-state index is 11.8. The number of nitrogens with zero attached hydrogens (tertiary/aromatic N) is 2. The Morgan fingerprint density at radius 1 is 1.32 bits per heavy atom. The van der Waals surface area contributed by atoms with Crippen molar-refractivity contribution in [3.63, 3.8) is 0 Å². The molecule has 1 aliphatic carbocycles.